The van der Waals surface area contributed by atoms with Crippen LogP contribution in [0.5, 0.6) is 0 Å². The molecule has 0 fully saturated rings. The van der Waals surface area contributed by atoms with Crippen LogP contribution in [0.4, 0.5) is 5.82 Å². The van der Waals surface area contributed by atoms with Gasteiger partial charge in [-0.25, -0.2) is 4.98 Å². The van der Waals surface area contributed by atoms with Gasteiger partial charge < -0.3 is 9.88 Å². The zero-order valence-corrected chi connectivity index (χ0v) is 14.1. The maximum atomic E-state index is 6.09. The lowest BCUT2D eigenvalue weighted by atomic mass is 10.1. The molecule has 2 heterocycles. The summed E-state index contributed by atoms with van der Waals surface area (Å²) in [7, 11) is 0. The monoisotopic (exact) mass is 329 g/mol. The molecule has 0 bridgehead atoms. The molecule has 0 atom stereocenters. The molecule has 120 valence electrons. The van der Waals surface area contributed by atoms with Crippen molar-refractivity contribution in [2.24, 2.45) is 0 Å². The molecule has 1 N–H and O–H groups in total. The van der Waals surface area contributed by atoms with Gasteiger partial charge in [-0.15, -0.1) is 0 Å². The number of aryl methyl sites for hydroxylation is 2. The van der Waals surface area contributed by atoms with Gasteiger partial charge in [0, 0.05) is 13.1 Å². The van der Waals surface area contributed by atoms with Crippen molar-refractivity contribution in [1.29, 1.82) is 0 Å². The molecule has 2 aromatic heterocycles. The standard InChI is InChI=1S/C17H20ClN5/c1-3-4-9-23-11-20-14-15(21-17(18)22-16(14)23)19-10-13-7-5-12(2)6-8-13/h5-8,11H,3-4,9-10H2,1-2H3,(H,19,21,22). The molecule has 3 rings (SSSR count). The number of hydrogen-bond acceptors (Lipinski definition) is 4. The number of halogens is 1. The molecular weight excluding hydrogens is 310 g/mol. The predicted molar refractivity (Wildman–Crippen MR) is 93.7 cm³/mol. The van der Waals surface area contributed by atoms with Gasteiger partial charge in [-0.3, -0.25) is 0 Å². The second-order valence-corrected chi connectivity index (χ2v) is 5.98. The number of aromatic nitrogens is 4. The summed E-state index contributed by atoms with van der Waals surface area (Å²) in [5.41, 5.74) is 3.97. The highest BCUT2D eigenvalue weighted by Gasteiger charge is 2.12. The highest BCUT2D eigenvalue weighted by Crippen LogP contribution is 2.22. The fraction of sp³-hybridized carbons (Fsp3) is 0.353. The number of hydrogen-bond donors (Lipinski definition) is 1. The van der Waals surface area contributed by atoms with Crippen LogP contribution in [0, 0.1) is 6.92 Å². The number of imidazole rings is 1. The zero-order chi connectivity index (χ0) is 16.2. The summed E-state index contributed by atoms with van der Waals surface area (Å²) in [4.78, 5) is 13.1. The Hall–Kier alpha value is -2.14. The van der Waals surface area contributed by atoms with Crippen molar-refractivity contribution in [2.45, 2.75) is 39.8 Å². The van der Waals surface area contributed by atoms with Crippen molar-refractivity contribution >= 4 is 28.6 Å². The summed E-state index contributed by atoms with van der Waals surface area (Å²) in [6, 6.07) is 8.39. The second-order valence-electron chi connectivity index (χ2n) is 5.64. The van der Waals surface area contributed by atoms with Crippen LogP contribution in [-0.4, -0.2) is 19.5 Å². The minimum atomic E-state index is 0.238. The summed E-state index contributed by atoms with van der Waals surface area (Å²) < 4.78 is 2.03. The molecule has 0 spiro atoms. The highest BCUT2D eigenvalue weighted by atomic mass is 35.5. The average Bonchev–Trinajstić information content (AvgIpc) is 2.95. The lowest BCUT2D eigenvalue weighted by molar-refractivity contribution is 0.641. The van der Waals surface area contributed by atoms with Crippen molar-refractivity contribution in [3.05, 3.63) is 47.0 Å². The van der Waals surface area contributed by atoms with Gasteiger partial charge in [0.15, 0.2) is 17.0 Å². The number of nitrogens with zero attached hydrogens (tertiary/aromatic N) is 4. The summed E-state index contributed by atoms with van der Waals surface area (Å²) in [5, 5.41) is 3.56. The lowest BCUT2D eigenvalue weighted by Gasteiger charge is -2.08. The van der Waals surface area contributed by atoms with Crippen LogP contribution < -0.4 is 5.32 Å². The highest BCUT2D eigenvalue weighted by molar-refractivity contribution is 6.28. The molecule has 5 nitrogen and oxygen atoms in total. The SMILES string of the molecule is CCCCn1cnc2c(NCc3ccc(C)cc3)nc(Cl)nc21. The van der Waals surface area contributed by atoms with E-state index in [-0.39, 0.29) is 5.28 Å². The molecule has 0 radical (unpaired) electrons. The van der Waals surface area contributed by atoms with Crippen LogP contribution >= 0.6 is 11.6 Å². The van der Waals surface area contributed by atoms with Crippen molar-refractivity contribution in [3.63, 3.8) is 0 Å². The largest absolute Gasteiger partial charge is 0.364 e. The van der Waals surface area contributed by atoms with Crippen molar-refractivity contribution < 1.29 is 0 Å². The van der Waals surface area contributed by atoms with Gasteiger partial charge in [-0.05, 0) is 30.5 Å². The van der Waals surface area contributed by atoms with Gasteiger partial charge in [0.2, 0.25) is 5.28 Å². The summed E-state index contributed by atoms with van der Waals surface area (Å²) in [6.07, 6.45) is 4.01. The Labute approximate surface area is 140 Å². The molecule has 0 aliphatic heterocycles. The van der Waals surface area contributed by atoms with E-state index in [2.05, 4.69) is 58.4 Å². The Bertz CT molecular complexity index is 795. The second kappa shape index (κ2) is 6.96. The van der Waals surface area contributed by atoms with Gasteiger partial charge in [0.25, 0.3) is 0 Å². The van der Waals surface area contributed by atoms with E-state index in [4.69, 9.17) is 11.6 Å². The number of fused-ring (bicyclic) bond motifs is 1. The summed E-state index contributed by atoms with van der Waals surface area (Å²) in [6.45, 7) is 5.80. The van der Waals surface area contributed by atoms with E-state index in [0.717, 1.165) is 30.6 Å². The summed E-state index contributed by atoms with van der Waals surface area (Å²) >= 11 is 6.09. The van der Waals surface area contributed by atoms with Gasteiger partial charge in [-0.2, -0.15) is 9.97 Å². The molecule has 0 amide bonds. The van der Waals surface area contributed by atoms with Gasteiger partial charge in [0.1, 0.15) is 0 Å². The number of unbranched alkanes of at least 4 members (excludes halogenated alkanes) is 1. The molecule has 0 aliphatic rings. The van der Waals surface area contributed by atoms with Crippen molar-refractivity contribution in [1.82, 2.24) is 19.5 Å². The maximum absolute atomic E-state index is 6.09. The van der Waals surface area contributed by atoms with E-state index in [1.54, 1.807) is 0 Å². The summed E-state index contributed by atoms with van der Waals surface area (Å²) in [5.74, 6) is 0.677. The molecule has 0 saturated heterocycles. The maximum Gasteiger partial charge on any atom is 0.226 e. The predicted octanol–water partition coefficient (Wildman–Crippen LogP) is 4.20. The van der Waals surface area contributed by atoms with Gasteiger partial charge in [-0.1, -0.05) is 43.2 Å². The molecule has 0 unspecified atom stereocenters. The Balaban J connectivity index is 1.85. The fourth-order valence-electron chi connectivity index (χ4n) is 2.42. The molecule has 0 aliphatic carbocycles. The third kappa shape index (κ3) is 3.62. The third-order valence-electron chi connectivity index (χ3n) is 3.77. The quantitative estimate of drug-likeness (QED) is 0.689. The van der Waals surface area contributed by atoms with Gasteiger partial charge in [0.05, 0.1) is 6.33 Å². The van der Waals surface area contributed by atoms with Crippen molar-refractivity contribution in [2.75, 3.05) is 5.32 Å². The van der Waals surface area contributed by atoms with Crippen LogP contribution in [-0.2, 0) is 13.1 Å². The fourth-order valence-corrected chi connectivity index (χ4v) is 2.59. The first kappa shape index (κ1) is 15.7. The smallest absolute Gasteiger partial charge is 0.226 e. The number of benzene rings is 1. The number of nitrogens with one attached hydrogen (secondary N) is 1. The van der Waals surface area contributed by atoms with Crippen LogP contribution in [0.3, 0.4) is 0 Å². The van der Waals surface area contributed by atoms with Crippen LogP contribution in [0.25, 0.3) is 11.2 Å². The van der Waals surface area contributed by atoms with E-state index in [1.807, 2.05) is 10.9 Å². The van der Waals surface area contributed by atoms with Crippen LogP contribution in [0.1, 0.15) is 30.9 Å². The zero-order valence-electron chi connectivity index (χ0n) is 13.4. The van der Waals surface area contributed by atoms with E-state index >= 15 is 0 Å². The van der Waals surface area contributed by atoms with Crippen LogP contribution in [0.15, 0.2) is 30.6 Å². The molecular formula is C17H20ClN5. The Morgan fingerprint density at radius 1 is 1.17 bits per heavy atom. The minimum absolute atomic E-state index is 0.238. The lowest BCUT2D eigenvalue weighted by Crippen LogP contribution is -2.04. The van der Waals surface area contributed by atoms with Crippen LogP contribution in [0.2, 0.25) is 5.28 Å². The molecule has 1 aromatic carbocycles. The first-order valence-electron chi connectivity index (χ1n) is 7.85. The first-order valence-corrected chi connectivity index (χ1v) is 8.23. The van der Waals surface area contributed by atoms with E-state index in [0.29, 0.717) is 12.4 Å². The van der Waals surface area contributed by atoms with E-state index in [9.17, 15) is 0 Å². The van der Waals surface area contributed by atoms with E-state index < -0.39 is 0 Å². The average molecular weight is 330 g/mol. The first-order chi connectivity index (χ1) is 11.2. The normalized spacial score (nSPS) is 11.1. The minimum Gasteiger partial charge on any atom is -0.364 e. The molecule has 6 heteroatoms. The molecule has 3 aromatic rings. The molecule has 0 saturated carbocycles. The Morgan fingerprint density at radius 2 is 1.96 bits per heavy atom. The van der Waals surface area contributed by atoms with Crippen molar-refractivity contribution in [3.8, 4) is 0 Å². The van der Waals surface area contributed by atoms with E-state index in [1.165, 1.54) is 11.1 Å². The topological polar surface area (TPSA) is 55.6 Å². The number of anilines is 1. The third-order valence-corrected chi connectivity index (χ3v) is 3.94. The number of rotatable bonds is 6. The Morgan fingerprint density at radius 3 is 2.70 bits per heavy atom. The molecule has 23 heavy (non-hydrogen) atoms. The van der Waals surface area contributed by atoms with Gasteiger partial charge >= 0.3 is 0 Å². The Kier molecular flexibility index (Phi) is 4.76.